The fourth-order valence-corrected chi connectivity index (χ4v) is 4.39. The molecule has 29 heavy (non-hydrogen) atoms. The van der Waals surface area contributed by atoms with E-state index in [1.807, 2.05) is 0 Å². The number of carbonyl (C=O) groups excluding carboxylic acids is 2. The standard InChI is InChI=1S/C20H14Cl2N4O3/c21-11-8-13(22)16-14(9-11)24-18-17(27)12-7-10(1-2-15(12)26(18)20(16)29)19(28)25-5-3-23-4-6-25/h1-2,7-9,23H,3-6H2. The lowest BCUT2D eigenvalue weighted by atomic mass is 10.1. The van der Waals surface area contributed by atoms with Crippen molar-refractivity contribution in [3.05, 3.63) is 67.7 Å². The normalized spacial score (nSPS) is 15.5. The van der Waals surface area contributed by atoms with Gasteiger partial charge >= 0.3 is 0 Å². The van der Waals surface area contributed by atoms with E-state index in [9.17, 15) is 14.4 Å². The zero-order chi connectivity index (χ0) is 20.3. The van der Waals surface area contributed by atoms with Gasteiger partial charge in [0, 0.05) is 36.8 Å². The Morgan fingerprint density at radius 1 is 1.07 bits per heavy atom. The van der Waals surface area contributed by atoms with Crippen molar-refractivity contribution in [2.45, 2.75) is 0 Å². The van der Waals surface area contributed by atoms with Crippen LogP contribution in [0.25, 0.3) is 16.6 Å². The number of hydrogen-bond acceptors (Lipinski definition) is 5. The van der Waals surface area contributed by atoms with Gasteiger partial charge in [0.15, 0.2) is 5.82 Å². The highest BCUT2D eigenvalue weighted by atomic mass is 35.5. The lowest BCUT2D eigenvalue weighted by Gasteiger charge is -2.27. The molecule has 7 nitrogen and oxygen atoms in total. The third-order valence-corrected chi connectivity index (χ3v) is 5.74. The molecule has 1 N–H and O–H groups in total. The molecule has 3 aromatic rings. The number of ketones is 1. The molecule has 2 aliphatic rings. The predicted octanol–water partition coefficient (Wildman–Crippen LogP) is 2.28. The Bertz CT molecular complexity index is 1280. The maximum absolute atomic E-state index is 13.1. The van der Waals surface area contributed by atoms with E-state index in [-0.39, 0.29) is 33.2 Å². The number of rotatable bonds is 1. The zero-order valence-electron chi connectivity index (χ0n) is 15.0. The molecule has 0 bridgehead atoms. The molecule has 0 atom stereocenters. The number of aromatic nitrogens is 2. The van der Waals surface area contributed by atoms with E-state index in [4.69, 9.17) is 23.2 Å². The summed E-state index contributed by atoms with van der Waals surface area (Å²) in [6.07, 6.45) is 0. The van der Waals surface area contributed by atoms with Crippen LogP contribution in [-0.2, 0) is 0 Å². The van der Waals surface area contributed by atoms with Gasteiger partial charge in [-0.05, 0) is 30.3 Å². The van der Waals surface area contributed by atoms with Crippen LogP contribution in [0.3, 0.4) is 0 Å². The third-order valence-electron chi connectivity index (χ3n) is 5.23. The van der Waals surface area contributed by atoms with Gasteiger partial charge in [0.05, 0.1) is 27.2 Å². The van der Waals surface area contributed by atoms with Crippen molar-refractivity contribution in [1.82, 2.24) is 19.8 Å². The molecule has 5 rings (SSSR count). The first kappa shape index (κ1) is 18.3. The number of benzene rings is 2. The quantitative estimate of drug-likeness (QED) is 0.502. The van der Waals surface area contributed by atoms with E-state index in [2.05, 4.69) is 10.3 Å². The summed E-state index contributed by atoms with van der Waals surface area (Å²) in [7, 11) is 0. The number of nitrogens with zero attached hydrogens (tertiary/aromatic N) is 3. The summed E-state index contributed by atoms with van der Waals surface area (Å²) in [5, 5.41) is 3.89. The van der Waals surface area contributed by atoms with Crippen molar-refractivity contribution in [2.24, 2.45) is 0 Å². The van der Waals surface area contributed by atoms with Gasteiger partial charge in [-0.25, -0.2) is 4.98 Å². The molecule has 2 aromatic carbocycles. The highest BCUT2D eigenvalue weighted by Gasteiger charge is 2.32. The monoisotopic (exact) mass is 428 g/mol. The molecule has 1 saturated heterocycles. The summed E-state index contributed by atoms with van der Waals surface area (Å²) in [6.45, 7) is 2.68. The van der Waals surface area contributed by atoms with Crippen LogP contribution < -0.4 is 10.9 Å². The van der Waals surface area contributed by atoms with Gasteiger partial charge in [-0.15, -0.1) is 0 Å². The molecule has 1 fully saturated rings. The lowest BCUT2D eigenvalue weighted by Crippen LogP contribution is -2.46. The van der Waals surface area contributed by atoms with Crippen molar-refractivity contribution in [3.63, 3.8) is 0 Å². The van der Waals surface area contributed by atoms with Crippen molar-refractivity contribution in [3.8, 4) is 5.69 Å². The highest BCUT2D eigenvalue weighted by molar-refractivity contribution is 6.38. The summed E-state index contributed by atoms with van der Waals surface area (Å²) in [5.74, 6) is -0.564. The molecule has 1 amide bonds. The summed E-state index contributed by atoms with van der Waals surface area (Å²) in [5.41, 5.74) is 0.892. The second kappa shape index (κ2) is 6.66. The maximum atomic E-state index is 13.1. The smallest absolute Gasteiger partial charge is 0.267 e. The number of amides is 1. The van der Waals surface area contributed by atoms with Crippen LogP contribution in [0, 0.1) is 0 Å². The van der Waals surface area contributed by atoms with Crippen LogP contribution in [0.2, 0.25) is 10.0 Å². The van der Waals surface area contributed by atoms with Crippen LogP contribution in [-0.4, -0.2) is 52.3 Å². The van der Waals surface area contributed by atoms with E-state index in [0.29, 0.717) is 29.4 Å². The van der Waals surface area contributed by atoms with Crippen molar-refractivity contribution in [1.29, 1.82) is 0 Å². The van der Waals surface area contributed by atoms with E-state index in [0.717, 1.165) is 13.1 Å². The van der Waals surface area contributed by atoms with Gasteiger partial charge in [0.25, 0.3) is 11.5 Å². The van der Waals surface area contributed by atoms with Crippen molar-refractivity contribution in [2.75, 3.05) is 26.2 Å². The Balaban J connectivity index is 1.66. The Hall–Kier alpha value is -2.74. The second-order valence-corrected chi connectivity index (χ2v) is 7.80. The van der Waals surface area contributed by atoms with Crippen LogP contribution in [0.5, 0.6) is 0 Å². The van der Waals surface area contributed by atoms with Crippen LogP contribution in [0.15, 0.2) is 35.1 Å². The minimum atomic E-state index is -0.444. The topological polar surface area (TPSA) is 84.3 Å². The van der Waals surface area contributed by atoms with Gasteiger partial charge in [-0.1, -0.05) is 23.2 Å². The zero-order valence-corrected chi connectivity index (χ0v) is 16.5. The molecule has 1 aromatic heterocycles. The van der Waals surface area contributed by atoms with Gasteiger partial charge in [0.1, 0.15) is 0 Å². The van der Waals surface area contributed by atoms with Crippen LogP contribution in [0.4, 0.5) is 0 Å². The number of fused-ring (bicyclic) bond motifs is 4. The average Bonchev–Trinajstić information content (AvgIpc) is 2.99. The average molecular weight is 429 g/mol. The van der Waals surface area contributed by atoms with Gasteiger partial charge in [-0.3, -0.25) is 19.0 Å². The summed E-state index contributed by atoms with van der Waals surface area (Å²) in [4.78, 5) is 44.9. The molecule has 146 valence electrons. The summed E-state index contributed by atoms with van der Waals surface area (Å²) < 4.78 is 1.25. The van der Waals surface area contributed by atoms with E-state index in [1.54, 1.807) is 17.0 Å². The van der Waals surface area contributed by atoms with Gasteiger partial charge in [0.2, 0.25) is 5.78 Å². The number of carbonyl (C=O) groups is 2. The second-order valence-electron chi connectivity index (χ2n) is 6.96. The molecular weight excluding hydrogens is 415 g/mol. The highest BCUT2D eigenvalue weighted by Crippen LogP contribution is 2.30. The number of hydrogen-bond donors (Lipinski definition) is 1. The molecule has 0 radical (unpaired) electrons. The fraction of sp³-hybridized carbons (Fsp3) is 0.200. The summed E-state index contributed by atoms with van der Waals surface area (Å²) >= 11 is 12.2. The van der Waals surface area contributed by atoms with E-state index >= 15 is 0 Å². The largest absolute Gasteiger partial charge is 0.336 e. The fourth-order valence-electron chi connectivity index (χ4n) is 3.82. The molecule has 0 saturated carbocycles. The SMILES string of the molecule is O=C1c2cc(C(=O)N3CCNCC3)ccc2-n2c1nc1cc(Cl)cc(Cl)c1c2=O. The Morgan fingerprint density at radius 2 is 1.83 bits per heavy atom. The van der Waals surface area contributed by atoms with Crippen molar-refractivity contribution < 1.29 is 9.59 Å². The lowest BCUT2D eigenvalue weighted by molar-refractivity contribution is 0.0736. The summed E-state index contributed by atoms with van der Waals surface area (Å²) in [6, 6.07) is 7.74. The molecule has 3 heterocycles. The van der Waals surface area contributed by atoms with Crippen LogP contribution in [0.1, 0.15) is 26.5 Å². The Labute approximate surface area is 174 Å². The van der Waals surface area contributed by atoms with E-state index < -0.39 is 11.3 Å². The first-order chi connectivity index (χ1) is 14.0. The minimum absolute atomic E-state index is 0.0115. The predicted molar refractivity (Wildman–Crippen MR) is 110 cm³/mol. The third kappa shape index (κ3) is 2.77. The number of halogens is 2. The molecule has 9 heteroatoms. The minimum Gasteiger partial charge on any atom is -0.336 e. The Morgan fingerprint density at radius 3 is 2.59 bits per heavy atom. The van der Waals surface area contributed by atoms with Gasteiger partial charge < -0.3 is 10.2 Å². The first-order valence-electron chi connectivity index (χ1n) is 9.06. The molecular formula is C20H14Cl2N4O3. The maximum Gasteiger partial charge on any atom is 0.267 e. The first-order valence-corrected chi connectivity index (χ1v) is 9.82. The van der Waals surface area contributed by atoms with Crippen molar-refractivity contribution >= 4 is 45.8 Å². The van der Waals surface area contributed by atoms with E-state index in [1.165, 1.54) is 22.8 Å². The van der Waals surface area contributed by atoms with Crippen LogP contribution >= 0.6 is 23.2 Å². The van der Waals surface area contributed by atoms with Gasteiger partial charge in [-0.2, -0.15) is 0 Å². The molecule has 0 unspecified atom stereocenters. The molecule has 0 aliphatic carbocycles. The number of piperazine rings is 1. The molecule has 2 aliphatic heterocycles. The molecule has 0 spiro atoms. The number of nitrogens with one attached hydrogen (secondary N) is 1. The Kier molecular flexibility index (Phi) is 4.20.